The lowest BCUT2D eigenvalue weighted by Crippen LogP contribution is -2.57. The average Bonchev–Trinajstić information content (AvgIpc) is 2.00. The van der Waals surface area contributed by atoms with E-state index in [9.17, 15) is 4.79 Å². The van der Waals surface area contributed by atoms with E-state index in [2.05, 4.69) is 47.2 Å². The monoisotopic (exact) mass is 231 g/mol. The Kier molecular flexibility index (Phi) is 5.18. The summed E-state index contributed by atoms with van der Waals surface area (Å²) in [5.74, 6) is 1.02. The van der Waals surface area contributed by atoms with Crippen molar-refractivity contribution in [2.75, 3.05) is 5.75 Å². The fourth-order valence-corrected chi connectivity index (χ4v) is 2.71. The van der Waals surface area contributed by atoms with Crippen molar-refractivity contribution in [2.45, 2.75) is 65.5 Å². The van der Waals surface area contributed by atoms with Crippen molar-refractivity contribution < 1.29 is 4.79 Å². The summed E-state index contributed by atoms with van der Waals surface area (Å²) in [4.78, 5) is 14.0. The summed E-state index contributed by atoms with van der Waals surface area (Å²) in [6.07, 6.45) is 1.48. The van der Waals surface area contributed by atoms with Gasteiger partial charge in [-0.3, -0.25) is 4.79 Å². The maximum absolute atomic E-state index is 12.0. The van der Waals surface area contributed by atoms with Gasteiger partial charge in [0.1, 0.15) is 0 Å². The zero-order valence-corrected chi connectivity index (χ0v) is 11.8. The zero-order chi connectivity index (χ0) is 12.3. The highest BCUT2D eigenvalue weighted by atomic mass is 32.1. The van der Waals surface area contributed by atoms with Crippen molar-refractivity contribution >= 4 is 18.5 Å². The summed E-state index contributed by atoms with van der Waals surface area (Å²) in [5.41, 5.74) is -0.243. The number of carbonyl (C=O) groups excluding carboxylic acids is 1. The fourth-order valence-electron chi connectivity index (χ4n) is 2.16. The molecule has 0 aromatic carbocycles. The predicted molar refractivity (Wildman–Crippen MR) is 69.4 cm³/mol. The minimum Gasteiger partial charge on any atom is -0.333 e. The van der Waals surface area contributed by atoms with Gasteiger partial charge in [0.05, 0.1) is 0 Å². The molecule has 0 saturated carbocycles. The van der Waals surface area contributed by atoms with Gasteiger partial charge in [0.2, 0.25) is 5.91 Å². The first-order chi connectivity index (χ1) is 6.66. The van der Waals surface area contributed by atoms with Crippen molar-refractivity contribution in [1.29, 1.82) is 0 Å². The molecule has 90 valence electrons. The summed E-state index contributed by atoms with van der Waals surface area (Å²) < 4.78 is 0. The minimum atomic E-state index is -0.125. The number of nitrogens with zero attached hydrogens (tertiary/aromatic N) is 1. The van der Waals surface area contributed by atoms with Crippen molar-refractivity contribution in [1.82, 2.24) is 4.90 Å². The van der Waals surface area contributed by atoms with Crippen LogP contribution in [-0.2, 0) is 4.79 Å². The lowest BCUT2D eigenvalue weighted by atomic mass is 9.91. The van der Waals surface area contributed by atoms with Gasteiger partial charge in [0.15, 0.2) is 0 Å². The van der Waals surface area contributed by atoms with Gasteiger partial charge in [0, 0.05) is 17.5 Å². The molecule has 0 bridgehead atoms. The highest BCUT2D eigenvalue weighted by Crippen LogP contribution is 2.28. The molecule has 0 unspecified atom stereocenters. The molecular formula is C12H25NOS. The highest BCUT2D eigenvalue weighted by molar-refractivity contribution is 7.80. The van der Waals surface area contributed by atoms with Crippen molar-refractivity contribution in [2.24, 2.45) is 0 Å². The topological polar surface area (TPSA) is 20.3 Å². The summed E-state index contributed by atoms with van der Waals surface area (Å²) >= 11 is 4.26. The third-order valence-corrected chi connectivity index (χ3v) is 2.78. The van der Waals surface area contributed by atoms with E-state index in [0.29, 0.717) is 6.42 Å². The molecule has 0 heterocycles. The van der Waals surface area contributed by atoms with E-state index < -0.39 is 0 Å². The van der Waals surface area contributed by atoms with Crippen LogP contribution in [0.5, 0.6) is 0 Å². The van der Waals surface area contributed by atoms with E-state index in [1.165, 1.54) is 0 Å². The highest BCUT2D eigenvalue weighted by Gasteiger charge is 2.36. The second kappa shape index (κ2) is 5.24. The van der Waals surface area contributed by atoms with Crippen LogP contribution in [0.2, 0.25) is 0 Å². The van der Waals surface area contributed by atoms with E-state index in [4.69, 9.17) is 0 Å². The molecule has 1 amide bonds. The van der Waals surface area contributed by atoms with Crippen molar-refractivity contribution in [3.05, 3.63) is 0 Å². The minimum absolute atomic E-state index is 0.118. The summed E-state index contributed by atoms with van der Waals surface area (Å²) in [7, 11) is 0. The molecule has 0 aliphatic heterocycles. The summed E-state index contributed by atoms with van der Waals surface area (Å²) in [6.45, 7) is 12.4. The van der Waals surface area contributed by atoms with Gasteiger partial charge in [-0.15, -0.1) is 0 Å². The van der Waals surface area contributed by atoms with Crippen LogP contribution in [0.4, 0.5) is 0 Å². The lowest BCUT2D eigenvalue weighted by molar-refractivity contribution is -0.143. The maximum atomic E-state index is 12.0. The molecule has 0 radical (unpaired) electrons. The van der Waals surface area contributed by atoms with Gasteiger partial charge < -0.3 is 4.90 Å². The number of hydrogen-bond donors (Lipinski definition) is 1. The molecule has 15 heavy (non-hydrogen) atoms. The average molecular weight is 231 g/mol. The standard InChI is InChI=1S/C12H25NOS/c1-7-10(14)13(11(2,3)4)12(5,6)8-9-15/h15H,7-9H2,1-6H3. The first kappa shape index (κ1) is 14.8. The van der Waals surface area contributed by atoms with Crippen molar-refractivity contribution in [3.8, 4) is 0 Å². The Hall–Kier alpha value is -0.180. The van der Waals surface area contributed by atoms with Gasteiger partial charge in [-0.2, -0.15) is 12.6 Å². The molecule has 2 nitrogen and oxygen atoms in total. The third-order valence-electron chi connectivity index (χ3n) is 2.55. The molecule has 0 rings (SSSR count). The molecule has 0 atom stereocenters. The quantitative estimate of drug-likeness (QED) is 0.737. The number of carbonyl (C=O) groups is 1. The van der Waals surface area contributed by atoms with Crippen LogP contribution >= 0.6 is 12.6 Å². The van der Waals surface area contributed by atoms with Crippen LogP contribution < -0.4 is 0 Å². The maximum Gasteiger partial charge on any atom is 0.223 e. The first-order valence-corrected chi connectivity index (χ1v) is 6.24. The Morgan fingerprint density at radius 3 is 1.93 bits per heavy atom. The number of hydrogen-bond acceptors (Lipinski definition) is 2. The number of rotatable bonds is 4. The van der Waals surface area contributed by atoms with Crippen LogP contribution in [-0.4, -0.2) is 27.6 Å². The molecule has 0 aromatic heterocycles. The smallest absolute Gasteiger partial charge is 0.223 e. The Bertz CT molecular complexity index is 218. The van der Waals surface area contributed by atoms with Crippen molar-refractivity contribution in [3.63, 3.8) is 0 Å². The third kappa shape index (κ3) is 4.06. The molecule has 0 aliphatic carbocycles. The molecule has 0 aromatic rings. The van der Waals surface area contributed by atoms with Crippen LogP contribution in [0.15, 0.2) is 0 Å². The second-order valence-electron chi connectivity index (χ2n) is 5.54. The van der Waals surface area contributed by atoms with Gasteiger partial charge in [0.25, 0.3) is 0 Å². The second-order valence-corrected chi connectivity index (χ2v) is 5.99. The Morgan fingerprint density at radius 1 is 1.20 bits per heavy atom. The molecule has 0 N–H and O–H groups in total. The Labute approximate surface area is 99.8 Å². The molecule has 3 heteroatoms. The zero-order valence-electron chi connectivity index (χ0n) is 10.9. The van der Waals surface area contributed by atoms with Crippen LogP contribution in [0, 0.1) is 0 Å². The van der Waals surface area contributed by atoms with E-state index >= 15 is 0 Å². The van der Waals surface area contributed by atoms with E-state index in [1.807, 2.05) is 11.8 Å². The fraction of sp³-hybridized carbons (Fsp3) is 0.917. The normalized spacial score (nSPS) is 12.7. The number of amides is 1. The molecule has 0 fully saturated rings. The SMILES string of the molecule is CCC(=O)N(C(C)(C)C)C(C)(C)CCS. The van der Waals surface area contributed by atoms with Crippen LogP contribution in [0.25, 0.3) is 0 Å². The van der Waals surface area contributed by atoms with E-state index in [1.54, 1.807) is 0 Å². The molecule has 0 saturated heterocycles. The summed E-state index contributed by atoms with van der Waals surface area (Å²) in [5, 5.41) is 0. The van der Waals surface area contributed by atoms with Gasteiger partial charge in [-0.25, -0.2) is 0 Å². The lowest BCUT2D eigenvalue weighted by Gasteiger charge is -2.47. The molecule has 0 aliphatic rings. The Balaban J connectivity index is 5.02. The van der Waals surface area contributed by atoms with Gasteiger partial charge in [-0.05, 0) is 46.8 Å². The van der Waals surface area contributed by atoms with E-state index in [-0.39, 0.29) is 17.0 Å². The van der Waals surface area contributed by atoms with Crippen LogP contribution in [0.1, 0.15) is 54.4 Å². The molecule has 0 spiro atoms. The summed E-state index contributed by atoms with van der Waals surface area (Å²) in [6, 6.07) is 0. The van der Waals surface area contributed by atoms with E-state index in [0.717, 1.165) is 12.2 Å². The number of thiol groups is 1. The predicted octanol–water partition coefficient (Wildman–Crippen LogP) is 3.12. The first-order valence-electron chi connectivity index (χ1n) is 5.61. The van der Waals surface area contributed by atoms with Crippen LogP contribution in [0.3, 0.4) is 0 Å². The Morgan fingerprint density at radius 2 is 1.67 bits per heavy atom. The van der Waals surface area contributed by atoms with Gasteiger partial charge >= 0.3 is 0 Å². The largest absolute Gasteiger partial charge is 0.333 e. The molecular weight excluding hydrogens is 206 g/mol. The van der Waals surface area contributed by atoms with Gasteiger partial charge in [-0.1, -0.05) is 6.92 Å².